The maximum atomic E-state index is 13.6. The molecule has 9 amide bonds. The predicted octanol–water partition coefficient (Wildman–Crippen LogP) is -0.808. The zero-order chi connectivity index (χ0) is 68.7. The topological polar surface area (TPSA) is 432 Å². The van der Waals surface area contributed by atoms with E-state index in [-0.39, 0.29) is 145 Å². The number of primary amides is 1. The molecule has 0 spiro atoms. The number of nitrogens with zero attached hydrogens (tertiary/aromatic N) is 1. The normalized spacial score (nSPS) is 15.0. The number of Topliss-reactive ketones (excluding diaryl/α,β-unsaturated/α-hetero) is 2. The summed E-state index contributed by atoms with van der Waals surface area (Å²) in [5.74, 6) is -5.21. The van der Waals surface area contributed by atoms with E-state index in [4.69, 9.17) is 49.7 Å². The molecule has 0 bridgehead atoms. The van der Waals surface area contributed by atoms with Crippen molar-refractivity contribution in [1.29, 1.82) is 0 Å². The van der Waals surface area contributed by atoms with Crippen molar-refractivity contribution in [3.05, 3.63) is 0 Å². The molecule has 30 nitrogen and oxygen atoms in total. The Hall–Kier alpha value is -5.32. The molecule has 7 unspecified atom stereocenters. The molecule has 1 aliphatic heterocycles. The molecule has 1 fully saturated rings. The van der Waals surface area contributed by atoms with E-state index in [9.17, 15) is 57.8 Å². The van der Waals surface area contributed by atoms with Gasteiger partial charge in [0.2, 0.25) is 53.7 Å². The number of ketones is 2. The van der Waals surface area contributed by atoms with Gasteiger partial charge in [-0.25, -0.2) is 0 Å². The van der Waals surface area contributed by atoms with Crippen molar-refractivity contribution in [2.24, 2.45) is 23.3 Å². The van der Waals surface area contributed by atoms with Gasteiger partial charge in [0.15, 0.2) is 5.78 Å². The van der Waals surface area contributed by atoms with Crippen LogP contribution in [0.15, 0.2) is 0 Å². The first-order valence-electron chi connectivity index (χ1n) is 33.0. The number of nitrogens with two attached hydrogens (primary N) is 2. The molecule has 31 heteroatoms. The number of hydrogen-bond acceptors (Lipinski definition) is 23. The van der Waals surface area contributed by atoms with Gasteiger partial charge in [-0.3, -0.25) is 57.6 Å². The number of thioether (sulfide) groups is 1. The van der Waals surface area contributed by atoms with Crippen molar-refractivity contribution >= 4 is 77.0 Å². The predicted molar refractivity (Wildman–Crippen MR) is 346 cm³/mol. The van der Waals surface area contributed by atoms with Crippen LogP contribution in [0.1, 0.15) is 142 Å². The van der Waals surface area contributed by atoms with Gasteiger partial charge in [-0.2, -0.15) is 0 Å². The number of nitrogens with one attached hydrogen (secondary N) is 7. The van der Waals surface area contributed by atoms with Crippen LogP contribution in [-0.2, 0) is 85.9 Å². The smallest absolute Gasteiger partial charge is 0.243 e. The number of hydrogen-bond donors (Lipinski definition) is 11. The molecule has 1 saturated heterocycles. The molecule has 1 heterocycles. The van der Waals surface area contributed by atoms with E-state index < -0.39 is 65.0 Å². The van der Waals surface area contributed by atoms with Crippen molar-refractivity contribution in [2.45, 2.75) is 172 Å². The van der Waals surface area contributed by atoms with Gasteiger partial charge in [0, 0.05) is 76.4 Å². The Morgan fingerprint density at radius 3 is 1.77 bits per heavy atom. The van der Waals surface area contributed by atoms with Crippen molar-refractivity contribution in [1.82, 2.24) is 42.1 Å². The second-order valence-electron chi connectivity index (χ2n) is 22.5. The molecule has 0 aromatic carbocycles. The lowest BCUT2D eigenvalue weighted by Gasteiger charge is -2.22. The van der Waals surface area contributed by atoms with E-state index in [1.165, 1.54) is 0 Å². The molecular formula is C62H112N10O20S. The van der Waals surface area contributed by atoms with E-state index in [1.54, 1.807) is 13.8 Å². The fraction of sp³-hybridized carbons (Fsp3) is 0.823. The molecule has 0 radical (unpaired) electrons. The molecule has 93 heavy (non-hydrogen) atoms. The summed E-state index contributed by atoms with van der Waals surface area (Å²) in [5.41, 5.74) is 11.2. The van der Waals surface area contributed by atoms with Gasteiger partial charge in [-0.15, -0.1) is 11.8 Å². The molecule has 13 N–H and O–H groups in total. The quantitative estimate of drug-likeness (QED) is 0.0154. The van der Waals surface area contributed by atoms with Crippen LogP contribution in [0.3, 0.4) is 0 Å². The largest absolute Gasteiger partial charge is 0.396 e. The summed E-state index contributed by atoms with van der Waals surface area (Å²) < 4.78 is 38.7. The van der Waals surface area contributed by atoms with E-state index in [0.717, 1.165) is 48.9 Å². The SMILES string of the molecule is CCC(=O)NC(CCCCCC(=O)CCC(CCC(=O)NC(CCCCNC)C(=O)CCCO)COCCOCCOCCOCCOCCOCCOCCO)C(=O)NC(CSC1CC(=O)N(CCC(=O)NCC(NC=O)NC(=O)C(C)CCCCN)C1=O)C(N)=O. The Bertz CT molecular complexity index is 2130. The fourth-order valence-corrected chi connectivity index (χ4v) is 10.5. The van der Waals surface area contributed by atoms with E-state index in [2.05, 4.69) is 37.2 Å². The zero-order valence-electron chi connectivity index (χ0n) is 55.4. The van der Waals surface area contributed by atoms with Crippen LogP contribution in [0.5, 0.6) is 0 Å². The third kappa shape index (κ3) is 44.1. The number of imide groups is 1. The summed E-state index contributed by atoms with van der Waals surface area (Å²) in [7, 11) is 1.84. The number of likely N-dealkylation sites (tertiary alicyclic amines) is 1. The number of rotatable bonds is 65. The third-order valence-corrected chi connectivity index (χ3v) is 16.1. The highest BCUT2D eigenvalue weighted by Crippen LogP contribution is 2.26. The zero-order valence-corrected chi connectivity index (χ0v) is 56.2. The Morgan fingerprint density at radius 1 is 0.613 bits per heavy atom. The lowest BCUT2D eigenvalue weighted by Crippen LogP contribution is -2.54. The Kier molecular flexibility index (Phi) is 52.5. The highest BCUT2D eigenvalue weighted by atomic mass is 32.2. The highest BCUT2D eigenvalue weighted by molar-refractivity contribution is 8.00. The number of aliphatic hydroxyl groups is 2. The second kappa shape index (κ2) is 57.0. The van der Waals surface area contributed by atoms with Crippen LogP contribution in [-0.4, -0.2) is 255 Å². The Labute approximate surface area is 553 Å². The van der Waals surface area contributed by atoms with Crippen LogP contribution < -0.4 is 48.7 Å². The third-order valence-electron chi connectivity index (χ3n) is 14.8. The fourth-order valence-electron chi connectivity index (χ4n) is 9.33. The number of carbonyl (C=O) groups is 11. The average Bonchev–Trinajstić information content (AvgIpc) is 1.72. The van der Waals surface area contributed by atoms with E-state index in [0.29, 0.717) is 130 Å². The summed E-state index contributed by atoms with van der Waals surface area (Å²) >= 11 is 0.934. The average molecular weight is 1350 g/mol. The number of unbranched alkanes of at least 4 members (excludes halogenated alkanes) is 4. The number of ether oxygens (including phenoxy) is 7. The molecule has 7 atom stereocenters. The molecule has 536 valence electrons. The standard InChI is InChI=1S/C62H112N10O20S/c1-4-55(78)69-50(61(84)70-51(59(64)82)44-93-53-41-58(81)72(62(53)85)25-22-56(79)66-42-54(67-45-75)71-60(83)46(2)13-8-10-23-63)16-7-5-6-14-48(76)20-18-47(19-21-57(80)68-49(15-9-11-24-65-3)52(77)17-12-26-73)43-92-40-39-91-38-37-90-36-35-89-34-33-88-32-31-87-30-29-86-28-27-74/h45-47,49-51,53-54,65,73-74H,4-44,63H2,1-3H3,(H2,64,82)(H,66,79)(H,67,75)(H,68,80)(H,69,78)(H,70,84)(H,71,83). The summed E-state index contributed by atoms with van der Waals surface area (Å²) in [6.45, 7) is 9.11. The lowest BCUT2D eigenvalue weighted by atomic mass is 9.95. The molecule has 0 aromatic rings. The summed E-state index contributed by atoms with van der Waals surface area (Å²) in [4.78, 5) is 142. The number of carbonyl (C=O) groups excluding carboxylic acids is 11. The van der Waals surface area contributed by atoms with Gasteiger partial charge in [0.25, 0.3) is 0 Å². The first-order valence-corrected chi connectivity index (χ1v) is 34.1. The van der Waals surface area contributed by atoms with E-state index >= 15 is 0 Å². The van der Waals surface area contributed by atoms with Crippen LogP contribution in [0.4, 0.5) is 0 Å². The minimum absolute atomic E-state index is 0.00916. The Morgan fingerprint density at radius 2 is 1.19 bits per heavy atom. The summed E-state index contributed by atoms with van der Waals surface area (Å²) in [5, 5.41) is 36.0. The Balaban J connectivity index is 2.73. The number of aliphatic hydroxyl groups excluding tert-OH is 2. The van der Waals surface area contributed by atoms with Gasteiger partial charge in [0.1, 0.15) is 24.0 Å². The molecule has 1 rings (SSSR count). The molecular weight excluding hydrogens is 1240 g/mol. The summed E-state index contributed by atoms with van der Waals surface area (Å²) in [6.07, 6.45) is 6.59. The minimum atomic E-state index is -1.29. The van der Waals surface area contributed by atoms with Crippen molar-refractivity contribution in [3.63, 3.8) is 0 Å². The van der Waals surface area contributed by atoms with E-state index in [1.807, 2.05) is 7.05 Å². The van der Waals surface area contributed by atoms with Crippen molar-refractivity contribution < 1.29 is 96.1 Å². The second-order valence-corrected chi connectivity index (χ2v) is 23.7. The molecule has 1 aliphatic rings. The number of amides is 9. The lowest BCUT2D eigenvalue weighted by molar-refractivity contribution is -0.139. The van der Waals surface area contributed by atoms with Gasteiger partial charge >= 0.3 is 0 Å². The molecule has 0 saturated carbocycles. The van der Waals surface area contributed by atoms with Gasteiger partial charge in [-0.05, 0) is 90.3 Å². The van der Waals surface area contributed by atoms with Crippen LogP contribution in [0, 0.1) is 11.8 Å². The minimum Gasteiger partial charge on any atom is -0.396 e. The monoisotopic (exact) mass is 1350 g/mol. The van der Waals surface area contributed by atoms with Crippen LogP contribution in [0.25, 0.3) is 0 Å². The van der Waals surface area contributed by atoms with Gasteiger partial charge in [0.05, 0.1) is 110 Å². The highest BCUT2D eigenvalue weighted by Gasteiger charge is 2.40. The first-order chi connectivity index (χ1) is 44.9. The maximum Gasteiger partial charge on any atom is 0.243 e. The summed E-state index contributed by atoms with van der Waals surface area (Å²) in [6, 6.07) is -3.02. The molecule has 0 aliphatic carbocycles. The van der Waals surface area contributed by atoms with Crippen LogP contribution in [0.2, 0.25) is 0 Å². The van der Waals surface area contributed by atoms with Crippen molar-refractivity contribution in [2.75, 3.05) is 145 Å². The van der Waals surface area contributed by atoms with Gasteiger partial charge < -0.3 is 92.1 Å². The van der Waals surface area contributed by atoms with Crippen molar-refractivity contribution in [3.8, 4) is 0 Å². The maximum absolute atomic E-state index is 13.6. The van der Waals surface area contributed by atoms with Gasteiger partial charge in [-0.1, -0.05) is 33.1 Å². The van der Waals surface area contributed by atoms with Crippen LogP contribution >= 0.6 is 11.8 Å². The first kappa shape index (κ1) is 85.7. The molecule has 0 aromatic heterocycles.